The van der Waals surface area contributed by atoms with Crippen LogP contribution < -0.4 is 4.80 Å². The maximum atomic E-state index is 12.5. The number of benzene rings is 2. The van der Waals surface area contributed by atoms with E-state index in [1.54, 1.807) is 43.5 Å². The molecule has 0 bridgehead atoms. The quantitative estimate of drug-likeness (QED) is 0.610. The molecule has 0 aliphatic carbocycles. The summed E-state index contributed by atoms with van der Waals surface area (Å²) < 4.78 is 12.7. The highest BCUT2D eigenvalue weighted by atomic mass is 35.5. The van der Waals surface area contributed by atoms with Crippen molar-refractivity contribution in [2.45, 2.75) is 6.54 Å². The molecule has 0 saturated heterocycles. The molecule has 1 amide bonds. The first-order chi connectivity index (χ1) is 13.0. The molecular formula is C19H17ClN2O4S. The molecule has 0 aliphatic rings. The van der Waals surface area contributed by atoms with E-state index in [2.05, 4.69) is 4.99 Å². The lowest BCUT2D eigenvalue weighted by atomic mass is 10.2. The van der Waals surface area contributed by atoms with Gasteiger partial charge >= 0.3 is 5.97 Å². The Balaban J connectivity index is 2.10. The molecule has 3 rings (SSSR count). The van der Waals surface area contributed by atoms with Crippen LogP contribution in [-0.2, 0) is 16.0 Å². The Kier molecular flexibility index (Phi) is 6.05. The Labute approximate surface area is 164 Å². The van der Waals surface area contributed by atoms with Gasteiger partial charge in [0.25, 0.3) is 5.91 Å². The summed E-state index contributed by atoms with van der Waals surface area (Å²) in [5.74, 6) is -0.776. The minimum Gasteiger partial charge on any atom is -0.465 e. The molecule has 0 radical (unpaired) electrons. The number of amides is 1. The summed E-state index contributed by atoms with van der Waals surface area (Å²) in [6.07, 6.45) is 0. The molecule has 0 aliphatic heterocycles. The predicted molar refractivity (Wildman–Crippen MR) is 104 cm³/mol. The van der Waals surface area contributed by atoms with Crippen LogP contribution in [0.1, 0.15) is 20.7 Å². The Bertz CT molecular complexity index is 1050. The third kappa shape index (κ3) is 4.27. The van der Waals surface area contributed by atoms with E-state index in [9.17, 15) is 9.59 Å². The molecule has 0 unspecified atom stereocenters. The molecule has 0 atom stereocenters. The van der Waals surface area contributed by atoms with Gasteiger partial charge in [0.2, 0.25) is 0 Å². The van der Waals surface area contributed by atoms with E-state index in [4.69, 9.17) is 21.1 Å². The summed E-state index contributed by atoms with van der Waals surface area (Å²) >= 11 is 7.20. The highest BCUT2D eigenvalue weighted by Gasteiger charge is 2.12. The first kappa shape index (κ1) is 19.3. The average Bonchev–Trinajstić information content (AvgIpc) is 3.02. The molecule has 1 heterocycles. The van der Waals surface area contributed by atoms with E-state index in [0.29, 0.717) is 34.1 Å². The van der Waals surface area contributed by atoms with E-state index in [1.165, 1.54) is 18.4 Å². The van der Waals surface area contributed by atoms with Gasteiger partial charge in [0.05, 0.1) is 29.5 Å². The zero-order valence-corrected chi connectivity index (χ0v) is 16.3. The number of nitrogens with zero attached hydrogens (tertiary/aromatic N) is 2. The smallest absolute Gasteiger partial charge is 0.337 e. The summed E-state index contributed by atoms with van der Waals surface area (Å²) in [6, 6.07) is 11.8. The van der Waals surface area contributed by atoms with Crippen molar-refractivity contribution in [2.24, 2.45) is 4.99 Å². The van der Waals surface area contributed by atoms with Gasteiger partial charge in [-0.15, -0.1) is 0 Å². The fraction of sp³-hybridized carbons (Fsp3) is 0.211. The Morgan fingerprint density at radius 2 is 1.81 bits per heavy atom. The lowest BCUT2D eigenvalue weighted by Crippen LogP contribution is -2.19. The van der Waals surface area contributed by atoms with Gasteiger partial charge in [0.1, 0.15) is 0 Å². The van der Waals surface area contributed by atoms with Crippen LogP contribution in [0.3, 0.4) is 0 Å². The molecule has 6 nitrogen and oxygen atoms in total. The fourth-order valence-corrected chi connectivity index (χ4v) is 3.77. The van der Waals surface area contributed by atoms with Crippen molar-refractivity contribution < 1.29 is 19.1 Å². The summed E-state index contributed by atoms with van der Waals surface area (Å²) in [6.45, 7) is 0.994. The zero-order chi connectivity index (χ0) is 19.4. The van der Waals surface area contributed by atoms with E-state index >= 15 is 0 Å². The van der Waals surface area contributed by atoms with Crippen molar-refractivity contribution >= 4 is 45.0 Å². The highest BCUT2D eigenvalue weighted by molar-refractivity contribution is 7.16. The van der Waals surface area contributed by atoms with Crippen LogP contribution in [0.25, 0.3) is 10.2 Å². The minimum atomic E-state index is -0.413. The van der Waals surface area contributed by atoms with Crippen molar-refractivity contribution in [3.8, 4) is 0 Å². The number of aromatic nitrogens is 1. The number of hydrogen-bond acceptors (Lipinski definition) is 5. The van der Waals surface area contributed by atoms with Gasteiger partial charge in [-0.05, 0) is 42.5 Å². The van der Waals surface area contributed by atoms with Crippen molar-refractivity contribution in [1.82, 2.24) is 4.57 Å². The summed E-state index contributed by atoms with van der Waals surface area (Å²) in [4.78, 5) is 29.1. The van der Waals surface area contributed by atoms with Crippen molar-refractivity contribution in [3.63, 3.8) is 0 Å². The monoisotopic (exact) mass is 404 g/mol. The van der Waals surface area contributed by atoms with E-state index in [0.717, 1.165) is 10.2 Å². The Morgan fingerprint density at radius 1 is 1.11 bits per heavy atom. The summed E-state index contributed by atoms with van der Waals surface area (Å²) in [5, 5.41) is 0.555. The first-order valence-corrected chi connectivity index (χ1v) is 9.28. The molecular weight excluding hydrogens is 388 g/mol. The SMILES string of the molecule is COCCn1c(=NC(=O)c2ccc(Cl)cc2)sc2cc(C(=O)OC)ccc21. The Morgan fingerprint density at radius 3 is 2.48 bits per heavy atom. The van der Waals surface area contributed by atoms with E-state index in [1.807, 2.05) is 10.6 Å². The van der Waals surface area contributed by atoms with Crippen LogP contribution in [0.4, 0.5) is 0 Å². The van der Waals surface area contributed by atoms with E-state index in [-0.39, 0.29) is 5.91 Å². The lowest BCUT2D eigenvalue weighted by Gasteiger charge is -2.05. The van der Waals surface area contributed by atoms with Crippen LogP contribution in [0.5, 0.6) is 0 Å². The highest BCUT2D eigenvalue weighted by Crippen LogP contribution is 2.20. The number of hydrogen-bond donors (Lipinski definition) is 0. The number of rotatable bonds is 5. The Hall–Kier alpha value is -2.48. The number of halogens is 1. The number of carbonyl (C=O) groups is 2. The normalized spacial score (nSPS) is 11.7. The average molecular weight is 405 g/mol. The lowest BCUT2D eigenvalue weighted by molar-refractivity contribution is 0.0601. The maximum absolute atomic E-state index is 12.5. The number of methoxy groups -OCH3 is 2. The molecule has 0 spiro atoms. The second-order valence-corrected chi connectivity index (χ2v) is 7.07. The van der Waals surface area contributed by atoms with Crippen molar-refractivity contribution in [1.29, 1.82) is 0 Å². The molecule has 8 heteroatoms. The number of carbonyl (C=O) groups excluding carboxylic acids is 2. The van der Waals surface area contributed by atoms with Gasteiger partial charge in [-0.2, -0.15) is 4.99 Å². The van der Waals surface area contributed by atoms with Gasteiger partial charge in [-0.25, -0.2) is 4.79 Å². The van der Waals surface area contributed by atoms with Crippen LogP contribution in [-0.4, -0.2) is 37.3 Å². The van der Waals surface area contributed by atoms with Crippen LogP contribution in [0.15, 0.2) is 47.5 Å². The molecule has 2 aromatic carbocycles. The van der Waals surface area contributed by atoms with Crippen LogP contribution in [0, 0.1) is 0 Å². The van der Waals surface area contributed by atoms with Crippen LogP contribution in [0.2, 0.25) is 5.02 Å². The third-order valence-electron chi connectivity index (χ3n) is 3.91. The molecule has 0 fully saturated rings. The van der Waals surface area contributed by atoms with E-state index < -0.39 is 5.97 Å². The van der Waals surface area contributed by atoms with Crippen molar-refractivity contribution in [2.75, 3.05) is 20.8 Å². The van der Waals surface area contributed by atoms with Gasteiger partial charge in [0, 0.05) is 24.2 Å². The maximum Gasteiger partial charge on any atom is 0.337 e. The van der Waals surface area contributed by atoms with Gasteiger partial charge < -0.3 is 14.0 Å². The molecule has 27 heavy (non-hydrogen) atoms. The number of fused-ring (bicyclic) bond motifs is 1. The topological polar surface area (TPSA) is 69.9 Å². The number of esters is 1. The van der Waals surface area contributed by atoms with Crippen LogP contribution >= 0.6 is 22.9 Å². The van der Waals surface area contributed by atoms with Gasteiger partial charge in [0.15, 0.2) is 4.80 Å². The first-order valence-electron chi connectivity index (χ1n) is 8.08. The van der Waals surface area contributed by atoms with Gasteiger partial charge in [-0.3, -0.25) is 4.79 Å². The molecule has 140 valence electrons. The molecule has 0 N–H and O–H groups in total. The predicted octanol–water partition coefficient (Wildman–Crippen LogP) is 3.53. The molecule has 0 saturated carbocycles. The largest absolute Gasteiger partial charge is 0.465 e. The number of ether oxygens (including phenoxy) is 2. The second-order valence-electron chi connectivity index (χ2n) is 5.63. The summed E-state index contributed by atoms with van der Waals surface area (Å²) in [7, 11) is 2.95. The fourth-order valence-electron chi connectivity index (χ4n) is 2.55. The molecule has 1 aromatic heterocycles. The molecule has 3 aromatic rings. The van der Waals surface area contributed by atoms with Gasteiger partial charge in [-0.1, -0.05) is 22.9 Å². The zero-order valence-electron chi connectivity index (χ0n) is 14.8. The second kappa shape index (κ2) is 8.47. The number of thiazole rings is 1. The van der Waals surface area contributed by atoms with Crippen molar-refractivity contribution in [3.05, 3.63) is 63.4 Å². The minimum absolute atomic E-state index is 0.363. The standard InChI is InChI=1S/C19H17ClN2O4S/c1-25-10-9-22-15-8-5-13(18(24)26-2)11-16(15)27-19(22)21-17(23)12-3-6-14(20)7-4-12/h3-8,11H,9-10H2,1-2H3. The summed E-state index contributed by atoms with van der Waals surface area (Å²) in [5.41, 5.74) is 1.76. The third-order valence-corrected chi connectivity index (χ3v) is 5.20.